The molecule has 2 saturated heterocycles. The van der Waals surface area contributed by atoms with Gasteiger partial charge in [0.2, 0.25) is 15.9 Å². The second kappa shape index (κ2) is 10.7. The zero-order chi connectivity index (χ0) is 23.2. The minimum atomic E-state index is -0.432. The summed E-state index contributed by atoms with van der Waals surface area (Å²) in [6.07, 6.45) is 3.32. The number of anilines is 1. The lowest BCUT2D eigenvalue weighted by Crippen LogP contribution is -2.44. The number of nitrogens with zero attached hydrogens (tertiary/aromatic N) is 3. The van der Waals surface area contributed by atoms with Crippen molar-refractivity contribution in [3.8, 4) is 5.75 Å². The van der Waals surface area contributed by atoms with Crippen molar-refractivity contribution in [3.63, 3.8) is 0 Å². The summed E-state index contributed by atoms with van der Waals surface area (Å²) in [4.78, 5) is 39.3. The van der Waals surface area contributed by atoms with Crippen LogP contribution >= 0.6 is 11.3 Å². The molecule has 0 spiro atoms. The van der Waals surface area contributed by atoms with Crippen molar-refractivity contribution in [2.24, 2.45) is 5.92 Å². The molecule has 0 bridgehead atoms. The molecule has 2 fully saturated rings. The van der Waals surface area contributed by atoms with Crippen LogP contribution in [0, 0.1) is 5.92 Å². The van der Waals surface area contributed by atoms with Gasteiger partial charge in [-0.3, -0.25) is 14.4 Å². The van der Waals surface area contributed by atoms with E-state index in [0.29, 0.717) is 43.9 Å². The van der Waals surface area contributed by atoms with Gasteiger partial charge in [-0.2, -0.15) is 0 Å². The smallest absolute Gasteiger partial charge is 0.286 e. The molecular formula is C22H27N5O5S. The van der Waals surface area contributed by atoms with E-state index in [4.69, 9.17) is 9.47 Å². The van der Waals surface area contributed by atoms with E-state index in [2.05, 4.69) is 20.8 Å². The number of carbonyl (C=O) groups is 3. The van der Waals surface area contributed by atoms with E-state index in [1.807, 2.05) is 0 Å². The van der Waals surface area contributed by atoms with Gasteiger partial charge in [0.15, 0.2) is 0 Å². The molecule has 0 saturated carbocycles. The predicted octanol–water partition coefficient (Wildman–Crippen LogP) is 1.95. The Morgan fingerprint density at radius 3 is 2.52 bits per heavy atom. The summed E-state index contributed by atoms with van der Waals surface area (Å²) in [5, 5.41) is 13.8. The van der Waals surface area contributed by atoms with Crippen LogP contribution in [0.2, 0.25) is 0 Å². The highest BCUT2D eigenvalue weighted by Crippen LogP contribution is 2.22. The van der Waals surface area contributed by atoms with Crippen LogP contribution in [0.4, 0.5) is 5.69 Å². The van der Waals surface area contributed by atoms with Gasteiger partial charge in [-0.05, 0) is 49.9 Å². The second-order valence-electron chi connectivity index (χ2n) is 8.04. The van der Waals surface area contributed by atoms with Gasteiger partial charge < -0.3 is 25.0 Å². The van der Waals surface area contributed by atoms with Gasteiger partial charge in [-0.25, -0.2) is 0 Å². The molecule has 4 rings (SSSR count). The highest BCUT2D eigenvalue weighted by atomic mass is 32.1. The average Bonchev–Trinajstić information content (AvgIpc) is 3.55. The molecular weight excluding hydrogens is 446 g/mol. The summed E-state index contributed by atoms with van der Waals surface area (Å²) in [6.45, 7) is 2.23. The zero-order valence-electron chi connectivity index (χ0n) is 18.4. The standard InChI is InChI=1S/C22H27N5O5S/c1-31-16-6-4-15(5-7-16)24-19(29)20-25-26-21(33-20)22(30)27-10-8-14(9-11-27)18(28)23-13-17-3-2-12-32-17/h4-7,14,17H,2-3,8-13H2,1H3,(H,23,28)(H,24,29). The molecule has 11 heteroatoms. The molecule has 1 unspecified atom stereocenters. The number of hydrogen-bond donors (Lipinski definition) is 2. The minimum absolute atomic E-state index is 0.0194. The van der Waals surface area contributed by atoms with Crippen LogP contribution in [0.3, 0.4) is 0 Å². The van der Waals surface area contributed by atoms with E-state index in [9.17, 15) is 14.4 Å². The number of methoxy groups -OCH3 is 1. The summed E-state index contributed by atoms with van der Waals surface area (Å²) in [6, 6.07) is 6.89. The van der Waals surface area contributed by atoms with Gasteiger partial charge in [-0.1, -0.05) is 11.3 Å². The van der Waals surface area contributed by atoms with Crippen molar-refractivity contribution in [1.29, 1.82) is 0 Å². The van der Waals surface area contributed by atoms with E-state index in [-0.39, 0.29) is 33.9 Å². The quantitative estimate of drug-likeness (QED) is 0.630. The number of amides is 3. The van der Waals surface area contributed by atoms with Gasteiger partial charge in [0.1, 0.15) is 5.75 Å². The van der Waals surface area contributed by atoms with Crippen molar-refractivity contribution < 1.29 is 23.9 Å². The van der Waals surface area contributed by atoms with Crippen LogP contribution in [0.15, 0.2) is 24.3 Å². The first-order valence-corrected chi connectivity index (χ1v) is 11.8. The molecule has 2 aliphatic rings. The summed E-state index contributed by atoms with van der Waals surface area (Å²) >= 11 is 0.956. The first-order chi connectivity index (χ1) is 16.0. The molecule has 0 aliphatic carbocycles. The molecule has 2 aromatic rings. The van der Waals surface area contributed by atoms with Crippen LogP contribution in [0.1, 0.15) is 45.3 Å². The molecule has 0 radical (unpaired) electrons. The maximum absolute atomic E-state index is 12.8. The predicted molar refractivity (Wildman–Crippen MR) is 121 cm³/mol. The lowest BCUT2D eigenvalue weighted by molar-refractivity contribution is -0.126. The summed E-state index contributed by atoms with van der Waals surface area (Å²) in [5.74, 6) is -0.116. The number of benzene rings is 1. The van der Waals surface area contributed by atoms with Crippen molar-refractivity contribution in [2.75, 3.05) is 38.7 Å². The average molecular weight is 474 g/mol. The van der Waals surface area contributed by atoms with Gasteiger partial charge in [0, 0.05) is 37.8 Å². The van der Waals surface area contributed by atoms with E-state index < -0.39 is 5.91 Å². The van der Waals surface area contributed by atoms with Crippen molar-refractivity contribution >= 4 is 34.7 Å². The largest absolute Gasteiger partial charge is 0.497 e. The lowest BCUT2D eigenvalue weighted by Gasteiger charge is -2.30. The molecule has 2 N–H and O–H groups in total. The van der Waals surface area contributed by atoms with Crippen molar-refractivity contribution in [2.45, 2.75) is 31.8 Å². The maximum atomic E-state index is 12.8. The summed E-state index contributed by atoms with van der Waals surface area (Å²) < 4.78 is 10.6. The van der Waals surface area contributed by atoms with Crippen LogP contribution in [-0.2, 0) is 9.53 Å². The monoisotopic (exact) mass is 473 g/mol. The number of hydrogen-bond acceptors (Lipinski definition) is 8. The third-order valence-corrected chi connectivity index (χ3v) is 6.74. The van der Waals surface area contributed by atoms with E-state index in [1.165, 1.54) is 0 Å². The Balaban J connectivity index is 1.25. The Morgan fingerprint density at radius 2 is 1.85 bits per heavy atom. The third-order valence-electron chi connectivity index (χ3n) is 5.83. The Hall–Kier alpha value is -3.05. The van der Waals surface area contributed by atoms with Crippen LogP contribution in [0.5, 0.6) is 5.75 Å². The Bertz CT molecular complexity index is 981. The fourth-order valence-electron chi connectivity index (χ4n) is 3.90. The molecule has 3 heterocycles. The van der Waals surface area contributed by atoms with Crippen molar-refractivity contribution in [3.05, 3.63) is 34.3 Å². The number of likely N-dealkylation sites (tertiary alicyclic amines) is 1. The Kier molecular flexibility index (Phi) is 7.50. The topological polar surface area (TPSA) is 123 Å². The second-order valence-corrected chi connectivity index (χ2v) is 9.02. The van der Waals surface area contributed by atoms with Crippen LogP contribution < -0.4 is 15.4 Å². The normalized spacial score (nSPS) is 18.7. The SMILES string of the molecule is COc1ccc(NC(=O)c2nnc(C(=O)N3CCC(C(=O)NCC4CCCO4)CC3)s2)cc1. The van der Waals surface area contributed by atoms with Gasteiger partial charge in [0.05, 0.1) is 13.2 Å². The number of piperidine rings is 1. The maximum Gasteiger partial charge on any atom is 0.286 e. The van der Waals surface area contributed by atoms with Gasteiger partial charge in [0.25, 0.3) is 11.8 Å². The Morgan fingerprint density at radius 1 is 1.12 bits per heavy atom. The van der Waals surface area contributed by atoms with E-state index >= 15 is 0 Å². The molecule has 176 valence electrons. The highest BCUT2D eigenvalue weighted by Gasteiger charge is 2.30. The van der Waals surface area contributed by atoms with Gasteiger partial charge in [-0.15, -0.1) is 10.2 Å². The lowest BCUT2D eigenvalue weighted by atomic mass is 9.96. The minimum Gasteiger partial charge on any atom is -0.497 e. The number of nitrogens with one attached hydrogen (secondary N) is 2. The molecule has 1 atom stereocenters. The van der Waals surface area contributed by atoms with Crippen molar-refractivity contribution in [1.82, 2.24) is 20.4 Å². The number of ether oxygens (including phenoxy) is 2. The first-order valence-electron chi connectivity index (χ1n) is 11.0. The Labute approximate surface area is 195 Å². The molecule has 3 amide bonds. The molecule has 2 aliphatic heterocycles. The van der Waals surface area contributed by atoms with Gasteiger partial charge >= 0.3 is 0 Å². The fourth-order valence-corrected chi connectivity index (χ4v) is 4.61. The number of rotatable bonds is 7. The van der Waals surface area contributed by atoms with E-state index in [0.717, 1.165) is 30.8 Å². The first kappa shape index (κ1) is 23.1. The molecule has 10 nitrogen and oxygen atoms in total. The third kappa shape index (κ3) is 5.85. The highest BCUT2D eigenvalue weighted by molar-refractivity contribution is 7.15. The van der Waals surface area contributed by atoms with Crippen LogP contribution in [-0.4, -0.2) is 72.3 Å². The summed E-state index contributed by atoms with van der Waals surface area (Å²) in [5.41, 5.74) is 0.587. The fraction of sp³-hybridized carbons (Fsp3) is 0.500. The summed E-state index contributed by atoms with van der Waals surface area (Å²) in [7, 11) is 1.57. The number of carbonyl (C=O) groups excluding carboxylic acids is 3. The van der Waals surface area contributed by atoms with E-state index in [1.54, 1.807) is 36.3 Å². The number of aromatic nitrogens is 2. The molecule has 1 aromatic carbocycles. The molecule has 1 aromatic heterocycles. The zero-order valence-corrected chi connectivity index (χ0v) is 19.2. The molecule has 33 heavy (non-hydrogen) atoms. The van der Waals surface area contributed by atoms with Crippen LogP contribution in [0.25, 0.3) is 0 Å².